The molecule has 0 radical (unpaired) electrons. The Morgan fingerprint density at radius 2 is 1.90 bits per heavy atom. The molecule has 1 fully saturated rings. The average Bonchev–Trinajstić information content (AvgIpc) is 3.03. The molecule has 5 heteroatoms. The molecule has 0 saturated heterocycles. The van der Waals surface area contributed by atoms with Crippen molar-refractivity contribution in [2.75, 3.05) is 4.90 Å². The van der Waals surface area contributed by atoms with Crippen LogP contribution in [0.5, 0.6) is 0 Å². The molecule has 0 aliphatic heterocycles. The molecular weight excluding hydrogens is 348 g/mol. The maximum Gasteiger partial charge on any atom is 0.260 e. The third-order valence-electron chi connectivity index (χ3n) is 3.88. The molecule has 0 N–H and O–H groups in total. The number of thiazole rings is 1. The maximum atomic E-state index is 12.9. The molecular formula is C16H17BrN2OS. The van der Waals surface area contributed by atoms with Crippen LogP contribution in [0.1, 0.15) is 42.5 Å². The predicted molar refractivity (Wildman–Crippen MR) is 89.9 cm³/mol. The summed E-state index contributed by atoms with van der Waals surface area (Å²) in [5.74, 6) is 0.0596. The van der Waals surface area contributed by atoms with Gasteiger partial charge in [-0.2, -0.15) is 0 Å². The first kappa shape index (κ1) is 14.7. The lowest BCUT2D eigenvalue weighted by molar-refractivity contribution is 0.0970. The van der Waals surface area contributed by atoms with Gasteiger partial charge in [-0.1, -0.05) is 35.2 Å². The molecule has 1 aromatic heterocycles. The third kappa shape index (κ3) is 3.35. The van der Waals surface area contributed by atoms with Gasteiger partial charge in [0, 0.05) is 27.7 Å². The largest absolute Gasteiger partial charge is 0.281 e. The fraction of sp³-hybridized carbons (Fsp3) is 0.375. The molecule has 1 aromatic carbocycles. The number of carbonyl (C=O) groups is 1. The zero-order chi connectivity index (χ0) is 14.7. The van der Waals surface area contributed by atoms with Crippen LogP contribution in [0, 0.1) is 0 Å². The number of amides is 1. The van der Waals surface area contributed by atoms with Gasteiger partial charge in [-0.05, 0) is 37.1 Å². The standard InChI is InChI=1S/C16H17BrN2OS/c17-13-8-6-12(7-9-13)15(20)19(16-18-10-11-21-16)14-4-2-1-3-5-14/h6-11,14H,1-5H2. The number of carbonyl (C=O) groups excluding carboxylic acids is 1. The number of nitrogens with zero attached hydrogens (tertiary/aromatic N) is 2. The molecule has 1 heterocycles. The Morgan fingerprint density at radius 3 is 2.52 bits per heavy atom. The van der Waals surface area contributed by atoms with Gasteiger partial charge in [-0.15, -0.1) is 11.3 Å². The average molecular weight is 365 g/mol. The van der Waals surface area contributed by atoms with Crippen molar-refractivity contribution < 1.29 is 4.79 Å². The minimum Gasteiger partial charge on any atom is -0.281 e. The van der Waals surface area contributed by atoms with Crippen molar-refractivity contribution in [3.05, 3.63) is 45.9 Å². The van der Waals surface area contributed by atoms with E-state index in [0.717, 1.165) is 28.0 Å². The van der Waals surface area contributed by atoms with E-state index in [1.807, 2.05) is 34.5 Å². The van der Waals surface area contributed by atoms with Gasteiger partial charge in [0.15, 0.2) is 5.13 Å². The van der Waals surface area contributed by atoms with Gasteiger partial charge in [0.2, 0.25) is 0 Å². The Labute approximate surface area is 137 Å². The van der Waals surface area contributed by atoms with Crippen LogP contribution >= 0.6 is 27.3 Å². The van der Waals surface area contributed by atoms with E-state index in [9.17, 15) is 4.79 Å². The van der Waals surface area contributed by atoms with E-state index in [4.69, 9.17) is 0 Å². The summed E-state index contributed by atoms with van der Waals surface area (Å²) < 4.78 is 0.984. The van der Waals surface area contributed by atoms with Gasteiger partial charge in [-0.25, -0.2) is 4.98 Å². The van der Waals surface area contributed by atoms with E-state index >= 15 is 0 Å². The smallest absolute Gasteiger partial charge is 0.260 e. The van der Waals surface area contributed by atoms with E-state index in [-0.39, 0.29) is 11.9 Å². The second kappa shape index (κ2) is 6.71. The molecule has 3 rings (SSSR count). The summed E-state index contributed by atoms with van der Waals surface area (Å²) in [6, 6.07) is 7.84. The summed E-state index contributed by atoms with van der Waals surface area (Å²) >= 11 is 4.95. The van der Waals surface area contributed by atoms with Crippen molar-refractivity contribution in [2.45, 2.75) is 38.1 Å². The third-order valence-corrected chi connectivity index (χ3v) is 5.17. The van der Waals surface area contributed by atoms with Crippen LogP contribution in [-0.4, -0.2) is 16.9 Å². The van der Waals surface area contributed by atoms with Gasteiger partial charge in [0.1, 0.15) is 0 Å². The Kier molecular flexibility index (Phi) is 4.70. The Morgan fingerprint density at radius 1 is 1.19 bits per heavy atom. The first-order valence-corrected chi connectivity index (χ1v) is 8.91. The van der Waals surface area contributed by atoms with Crippen molar-refractivity contribution in [2.24, 2.45) is 0 Å². The van der Waals surface area contributed by atoms with Crippen LogP contribution in [0.15, 0.2) is 40.3 Å². The molecule has 3 nitrogen and oxygen atoms in total. The van der Waals surface area contributed by atoms with E-state index in [2.05, 4.69) is 20.9 Å². The number of hydrogen-bond acceptors (Lipinski definition) is 3. The molecule has 1 saturated carbocycles. The quantitative estimate of drug-likeness (QED) is 0.776. The molecule has 1 amide bonds. The minimum atomic E-state index is 0.0596. The lowest BCUT2D eigenvalue weighted by atomic mass is 9.94. The van der Waals surface area contributed by atoms with Gasteiger partial charge in [-0.3, -0.25) is 9.69 Å². The van der Waals surface area contributed by atoms with Crippen LogP contribution in [0.4, 0.5) is 5.13 Å². The zero-order valence-corrected chi connectivity index (χ0v) is 14.1. The Bertz CT molecular complexity index is 591. The Balaban J connectivity index is 1.90. The molecule has 110 valence electrons. The topological polar surface area (TPSA) is 33.2 Å². The second-order valence-electron chi connectivity index (χ2n) is 5.29. The fourth-order valence-electron chi connectivity index (χ4n) is 2.81. The highest BCUT2D eigenvalue weighted by molar-refractivity contribution is 9.10. The van der Waals surface area contributed by atoms with Crippen molar-refractivity contribution in [3.8, 4) is 0 Å². The molecule has 0 spiro atoms. The summed E-state index contributed by atoms with van der Waals surface area (Å²) in [4.78, 5) is 19.2. The maximum absolute atomic E-state index is 12.9. The van der Waals surface area contributed by atoms with Crippen LogP contribution in [0.25, 0.3) is 0 Å². The number of anilines is 1. The summed E-state index contributed by atoms with van der Waals surface area (Å²) in [6.07, 6.45) is 7.57. The molecule has 0 unspecified atom stereocenters. The second-order valence-corrected chi connectivity index (χ2v) is 7.08. The predicted octanol–water partition coefficient (Wildman–Crippen LogP) is 4.89. The number of hydrogen-bond donors (Lipinski definition) is 0. The highest BCUT2D eigenvalue weighted by Gasteiger charge is 2.29. The van der Waals surface area contributed by atoms with Gasteiger partial charge < -0.3 is 0 Å². The fourth-order valence-corrected chi connectivity index (χ4v) is 3.79. The lowest BCUT2D eigenvalue weighted by Crippen LogP contribution is -2.41. The minimum absolute atomic E-state index is 0.0596. The highest BCUT2D eigenvalue weighted by atomic mass is 79.9. The van der Waals surface area contributed by atoms with Gasteiger partial charge >= 0.3 is 0 Å². The zero-order valence-electron chi connectivity index (χ0n) is 11.7. The van der Waals surface area contributed by atoms with Crippen LogP contribution < -0.4 is 4.90 Å². The van der Waals surface area contributed by atoms with E-state index in [1.54, 1.807) is 6.20 Å². The number of aromatic nitrogens is 1. The molecule has 21 heavy (non-hydrogen) atoms. The molecule has 0 bridgehead atoms. The first-order valence-electron chi connectivity index (χ1n) is 7.24. The van der Waals surface area contributed by atoms with E-state index < -0.39 is 0 Å². The Hall–Kier alpha value is -1.20. The SMILES string of the molecule is O=C(c1ccc(Br)cc1)N(c1nccs1)C1CCCCC1. The van der Waals surface area contributed by atoms with Crippen molar-refractivity contribution in [1.82, 2.24) is 4.98 Å². The molecule has 1 aliphatic carbocycles. The van der Waals surface area contributed by atoms with Crippen LogP contribution in [-0.2, 0) is 0 Å². The summed E-state index contributed by atoms with van der Waals surface area (Å²) in [6.45, 7) is 0. The van der Waals surface area contributed by atoms with Crippen molar-refractivity contribution in [3.63, 3.8) is 0 Å². The number of halogens is 1. The van der Waals surface area contributed by atoms with E-state index in [1.165, 1.54) is 30.6 Å². The molecule has 2 aromatic rings. The normalized spacial score (nSPS) is 15.9. The molecule has 0 atom stereocenters. The number of benzene rings is 1. The van der Waals surface area contributed by atoms with Crippen LogP contribution in [0.2, 0.25) is 0 Å². The number of rotatable bonds is 3. The summed E-state index contributed by atoms with van der Waals surface area (Å²) in [5, 5.41) is 2.75. The highest BCUT2D eigenvalue weighted by Crippen LogP contribution is 2.30. The van der Waals surface area contributed by atoms with Crippen LogP contribution in [0.3, 0.4) is 0 Å². The monoisotopic (exact) mass is 364 g/mol. The van der Waals surface area contributed by atoms with Gasteiger partial charge in [0.25, 0.3) is 5.91 Å². The summed E-state index contributed by atoms with van der Waals surface area (Å²) in [7, 11) is 0. The van der Waals surface area contributed by atoms with Crippen molar-refractivity contribution in [1.29, 1.82) is 0 Å². The van der Waals surface area contributed by atoms with Gasteiger partial charge in [0.05, 0.1) is 0 Å². The molecule has 1 aliphatic rings. The first-order chi connectivity index (χ1) is 10.3. The summed E-state index contributed by atoms with van der Waals surface area (Å²) in [5.41, 5.74) is 0.721. The van der Waals surface area contributed by atoms with Crippen molar-refractivity contribution >= 4 is 38.3 Å². The lowest BCUT2D eigenvalue weighted by Gasteiger charge is -2.32. The van der Waals surface area contributed by atoms with E-state index in [0.29, 0.717) is 0 Å².